The average Bonchev–Trinajstić information content (AvgIpc) is 3.60. The van der Waals surface area contributed by atoms with E-state index in [0.29, 0.717) is 36.5 Å². The third-order valence-electron chi connectivity index (χ3n) is 6.11. The van der Waals surface area contributed by atoms with Gasteiger partial charge in [-0.2, -0.15) is 10.2 Å². The molecule has 5 rings (SSSR count). The number of carbonyl (C=O) groups is 1. The number of likely N-dealkylation sites (tertiary alicyclic amines) is 1. The monoisotopic (exact) mass is 437 g/mol. The summed E-state index contributed by atoms with van der Waals surface area (Å²) in [5.74, 6) is 1.86. The third-order valence-corrected chi connectivity index (χ3v) is 7.05. The van der Waals surface area contributed by atoms with Crippen molar-refractivity contribution in [1.82, 2.24) is 14.9 Å². The topological polar surface area (TPSA) is 99.4 Å². The number of hydrogen-bond acceptors (Lipinski definition) is 8. The number of piperidine rings is 2. The minimum absolute atomic E-state index is 0.00398. The molecule has 0 N–H and O–H groups in total. The molecule has 3 aromatic heterocycles. The predicted octanol–water partition coefficient (Wildman–Crippen LogP) is 3.89. The van der Waals surface area contributed by atoms with Crippen LogP contribution in [0, 0.1) is 17.2 Å². The molecular weight excluding hydrogens is 414 g/mol. The summed E-state index contributed by atoms with van der Waals surface area (Å²) in [6.07, 6.45) is 6.97. The molecule has 2 fully saturated rings. The molecule has 2 aliphatic rings. The summed E-state index contributed by atoms with van der Waals surface area (Å²) in [5.41, 5.74) is 0.249. The molecule has 0 aromatic carbocycles. The number of nitriles is 1. The van der Waals surface area contributed by atoms with E-state index in [-0.39, 0.29) is 17.5 Å². The number of oxazole rings is 1. The maximum Gasteiger partial charge on any atom is 0.266 e. The van der Waals surface area contributed by atoms with Crippen LogP contribution in [-0.2, 0) is 4.79 Å². The molecule has 8 nitrogen and oxygen atoms in total. The van der Waals surface area contributed by atoms with Crippen LogP contribution in [-0.4, -0.2) is 47.0 Å². The van der Waals surface area contributed by atoms with Gasteiger partial charge in [0, 0.05) is 49.6 Å². The number of furan rings is 1. The van der Waals surface area contributed by atoms with Crippen LogP contribution in [0.25, 0.3) is 11.7 Å². The lowest BCUT2D eigenvalue weighted by Gasteiger charge is -2.37. The lowest BCUT2D eigenvalue weighted by molar-refractivity contribution is -0.137. The molecule has 1 unspecified atom stereocenters. The van der Waals surface area contributed by atoms with Gasteiger partial charge in [-0.1, -0.05) is 0 Å². The van der Waals surface area contributed by atoms with Crippen LogP contribution in [0.5, 0.6) is 0 Å². The summed E-state index contributed by atoms with van der Waals surface area (Å²) in [4.78, 5) is 25.9. The van der Waals surface area contributed by atoms with Gasteiger partial charge in [0.2, 0.25) is 17.5 Å². The first-order valence-electron chi connectivity index (χ1n) is 10.6. The number of rotatable bonds is 4. The van der Waals surface area contributed by atoms with Crippen molar-refractivity contribution in [2.75, 3.05) is 31.1 Å². The van der Waals surface area contributed by atoms with Gasteiger partial charge in [0.1, 0.15) is 6.07 Å². The summed E-state index contributed by atoms with van der Waals surface area (Å²) in [5, 5.41) is 12.6. The number of amides is 1. The van der Waals surface area contributed by atoms with Gasteiger partial charge >= 0.3 is 0 Å². The maximum atomic E-state index is 13.2. The van der Waals surface area contributed by atoms with Crippen molar-refractivity contribution < 1.29 is 13.6 Å². The molecule has 0 aliphatic carbocycles. The highest BCUT2D eigenvalue weighted by atomic mass is 32.1. The zero-order valence-corrected chi connectivity index (χ0v) is 17.9. The number of hydrogen-bond donors (Lipinski definition) is 0. The van der Waals surface area contributed by atoms with Crippen molar-refractivity contribution in [3.63, 3.8) is 0 Å². The molecule has 3 aromatic rings. The Bertz CT molecular complexity index is 1060. The molecule has 1 atom stereocenters. The van der Waals surface area contributed by atoms with E-state index in [0.717, 1.165) is 43.8 Å². The van der Waals surface area contributed by atoms with Crippen molar-refractivity contribution in [2.24, 2.45) is 5.92 Å². The molecule has 0 radical (unpaired) electrons. The molecule has 9 heteroatoms. The van der Waals surface area contributed by atoms with Crippen molar-refractivity contribution in [1.29, 1.82) is 5.26 Å². The number of nitrogens with zero attached hydrogens (tertiary/aromatic N) is 5. The van der Waals surface area contributed by atoms with E-state index in [1.54, 1.807) is 29.7 Å². The van der Waals surface area contributed by atoms with Crippen LogP contribution in [0.3, 0.4) is 0 Å². The maximum absolute atomic E-state index is 13.2. The van der Waals surface area contributed by atoms with Crippen LogP contribution in [0.1, 0.15) is 42.3 Å². The van der Waals surface area contributed by atoms with E-state index >= 15 is 0 Å². The molecule has 5 heterocycles. The van der Waals surface area contributed by atoms with E-state index in [1.165, 1.54) is 0 Å². The second-order valence-corrected chi connectivity index (χ2v) is 8.94. The Balaban J connectivity index is 1.23. The number of thiazole rings is 1. The van der Waals surface area contributed by atoms with Crippen LogP contribution in [0.2, 0.25) is 0 Å². The van der Waals surface area contributed by atoms with Crippen molar-refractivity contribution >= 4 is 23.1 Å². The molecule has 1 amide bonds. The molecule has 0 bridgehead atoms. The summed E-state index contributed by atoms with van der Waals surface area (Å²) < 4.78 is 11.2. The lowest BCUT2D eigenvalue weighted by atomic mass is 9.92. The first kappa shape index (κ1) is 19.8. The molecule has 2 saturated heterocycles. The molecule has 160 valence electrons. The van der Waals surface area contributed by atoms with E-state index < -0.39 is 0 Å². The second-order valence-electron chi connectivity index (χ2n) is 8.02. The second kappa shape index (κ2) is 8.55. The predicted molar refractivity (Wildman–Crippen MR) is 115 cm³/mol. The highest BCUT2D eigenvalue weighted by molar-refractivity contribution is 7.09. The number of carbonyl (C=O) groups excluding carboxylic acids is 1. The third kappa shape index (κ3) is 3.95. The largest absolute Gasteiger partial charge is 0.459 e. The van der Waals surface area contributed by atoms with Gasteiger partial charge in [0.15, 0.2) is 5.76 Å². The Labute approximate surface area is 184 Å². The molecular formula is C22H23N5O3S. The van der Waals surface area contributed by atoms with Crippen molar-refractivity contribution in [3.8, 4) is 17.7 Å². The smallest absolute Gasteiger partial charge is 0.266 e. The van der Waals surface area contributed by atoms with Crippen LogP contribution in [0.4, 0.5) is 5.88 Å². The summed E-state index contributed by atoms with van der Waals surface area (Å²) >= 11 is 1.68. The zero-order chi connectivity index (χ0) is 21.2. The standard InChI is InChI=1S/C22H23N5O3S/c23-13-17-22(30-19(25-17)18-4-2-11-29-18)26-9-5-15(6-10-26)21(28)27-8-1-3-16(14-27)20-24-7-12-31-20/h2,4,7,11-12,15-16H,1,3,5-6,8-10,14H2. The van der Waals surface area contributed by atoms with Crippen LogP contribution in [0.15, 0.2) is 38.8 Å². The molecule has 2 aliphatic heterocycles. The SMILES string of the molecule is N#Cc1nc(-c2ccco2)oc1N1CCC(C(=O)N2CCCC(c3nccs3)C2)CC1. The minimum atomic E-state index is 0.00398. The van der Waals surface area contributed by atoms with E-state index in [1.807, 2.05) is 21.4 Å². The Morgan fingerprint density at radius 1 is 1.26 bits per heavy atom. The van der Waals surface area contributed by atoms with Crippen LogP contribution < -0.4 is 4.90 Å². The number of anilines is 1. The Kier molecular flexibility index (Phi) is 5.47. The molecule has 0 spiro atoms. The molecule has 0 saturated carbocycles. The van der Waals surface area contributed by atoms with Crippen molar-refractivity contribution in [2.45, 2.75) is 31.6 Å². The average molecular weight is 438 g/mol. The van der Waals surface area contributed by atoms with Crippen molar-refractivity contribution in [3.05, 3.63) is 40.7 Å². The fourth-order valence-electron chi connectivity index (χ4n) is 4.51. The van der Waals surface area contributed by atoms with Gasteiger partial charge in [0.05, 0.1) is 11.3 Å². The minimum Gasteiger partial charge on any atom is -0.459 e. The first-order chi connectivity index (χ1) is 15.2. The van der Waals surface area contributed by atoms with E-state index in [4.69, 9.17) is 8.83 Å². The van der Waals surface area contributed by atoms with Gasteiger partial charge in [-0.3, -0.25) is 4.79 Å². The van der Waals surface area contributed by atoms with Crippen LogP contribution >= 0.6 is 11.3 Å². The lowest BCUT2D eigenvalue weighted by Crippen LogP contribution is -2.46. The summed E-state index contributed by atoms with van der Waals surface area (Å²) in [6.45, 7) is 2.90. The Morgan fingerprint density at radius 3 is 2.84 bits per heavy atom. The fourth-order valence-corrected chi connectivity index (χ4v) is 5.28. The van der Waals surface area contributed by atoms with Gasteiger partial charge in [-0.25, -0.2) is 4.98 Å². The number of aromatic nitrogens is 2. The van der Waals surface area contributed by atoms with Gasteiger partial charge in [-0.05, 0) is 37.8 Å². The summed E-state index contributed by atoms with van der Waals surface area (Å²) in [7, 11) is 0. The van der Waals surface area contributed by atoms with Gasteiger partial charge in [0.25, 0.3) is 5.89 Å². The highest BCUT2D eigenvalue weighted by Crippen LogP contribution is 2.33. The quantitative estimate of drug-likeness (QED) is 0.610. The zero-order valence-electron chi connectivity index (χ0n) is 17.1. The molecule has 31 heavy (non-hydrogen) atoms. The van der Waals surface area contributed by atoms with Gasteiger partial charge < -0.3 is 18.6 Å². The first-order valence-corrected chi connectivity index (χ1v) is 11.5. The van der Waals surface area contributed by atoms with E-state index in [9.17, 15) is 10.1 Å². The normalized spacial score (nSPS) is 20.0. The summed E-state index contributed by atoms with van der Waals surface area (Å²) in [6, 6.07) is 5.61. The van der Waals surface area contributed by atoms with E-state index in [2.05, 4.69) is 16.0 Å². The Morgan fingerprint density at radius 2 is 2.13 bits per heavy atom. The fraction of sp³-hybridized carbons (Fsp3) is 0.455. The Hall–Kier alpha value is -3.12. The highest BCUT2D eigenvalue weighted by Gasteiger charge is 2.34. The van der Waals surface area contributed by atoms with Gasteiger partial charge in [-0.15, -0.1) is 11.3 Å².